The fourth-order valence-corrected chi connectivity index (χ4v) is 5.55. The van der Waals surface area contributed by atoms with Crippen LogP contribution in [0.2, 0.25) is 0 Å². The summed E-state index contributed by atoms with van der Waals surface area (Å²) in [4.78, 5) is 32.0. The third-order valence-corrected chi connectivity index (χ3v) is 7.76. The number of anilines is 1. The van der Waals surface area contributed by atoms with Gasteiger partial charge in [-0.1, -0.05) is 55.8 Å². The number of benzene rings is 2. The Morgan fingerprint density at radius 2 is 1.79 bits per heavy atom. The van der Waals surface area contributed by atoms with Crippen LogP contribution in [0.15, 0.2) is 74.2 Å². The van der Waals surface area contributed by atoms with Crippen LogP contribution in [-0.2, 0) is 16.0 Å². The summed E-state index contributed by atoms with van der Waals surface area (Å²) in [6, 6.07) is 15.3. The summed E-state index contributed by atoms with van der Waals surface area (Å²) in [7, 11) is 0. The molecule has 0 saturated carbocycles. The molecule has 166 valence electrons. The van der Waals surface area contributed by atoms with Crippen molar-refractivity contribution in [3.8, 4) is 11.3 Å². The highest BCUT2D eigenvalue weighted by molar-refractivity contribution is 9.10. The number of nitrogens with zero attached hydrogens (tertiary/aromatic N) is 4. The van der Waals surface area contributed by atoms with Gasteiger partial charge in [-0.3, -0.25) is 18.9 Å². The van der Waals surface area contributed by atoms with Gasteiger partial charge in [-0.05, 0) is 36.4 Å². The van der Waals surface area contributed by atoms with Crippen LogP contribution in [0, 0.1) is 0 Å². The van der Waals surface area contributed by atoms with E-state index in [4.69, 9.17) is 0 Å². The summed E-state index contributed by atoms with van der Waals surface area (Å²) in [5.41, 5.74) is 5.98. The molecule has 5 rings (SSSR count). The van der Waals surface area contributed by atoms with Crippen LogP contribution in [0.5, 0.6) is 0 Å². The summed E-state index contributed by atoms with van der Waals surface area (Å²) in [5, 5.41) is 6.59. The average Bonchev–Trinajstić information content (AvgIpc) is 3.49. The van der Waals surface area contributed by atoms with Crippen LogP contribution < -0.4 is 10.3 Å². The average molecular weight is 605 g/mol. The summed E-state index contributed by atoms with van der Waals surface area (Å²) < 4.78 is 3.85. The number of hydrogen-bond donors (Lipinski definition) is 1. The lowest BCUT2D eigenvalue weighted by Crippen LogP contribution is -2.31. The van der Waals surface area contributed by atoms with E-state index in [0.717, 1.165) is 30.9 Å². The fourth-order valence-electron chi connectivity index (χ4n) is 3.32. The summed E-state index contributed by atoms with van der Waals surface area (Å²) in [5.74, 6) is -0.0605. The summed E-state index contributed by atoms with van der Waals surface area (Å²) in [6.45, 7) is 0. The smallest absolute Gasteiger partial charge is 0.246 e. The minimum absolute atomic E-state index is 0.0752. The molecule has 4 aromatic rings. The van der Waals surface area contributed by atoms with Gasteiger partial charge in [0.2, 0.25) is 11.8 Å². The number of amides is 2. The highest BCUT2D eigenvalue weighted by atomic mass is 79.9. The molecule has 1 aliphatic rings. The molecule has 0 radical (unpaired) electrons. The Morgan fingerprint density at radius 1 is 1.09 bits per heavy atom. The van der Waals surface area contributed by atoms with Crippen LogP contribution in [0.4, 0.5) is 5.69 Å². The zero-order valence-electron chi connectivity index (χ0n) is 16.9. The predicted molar refractivity (Wildman–Crippen MR) is 140 cm³/mol. The van der Waals surface area contributed by atoms with Crippen molar-refractivity contribution in [1.82, 2.24) is 14.8 Å². The number of hydrogen-bond acceptors (Lipinski definition) is 6. The Kier molecular flexibility index (Phi) is 6.37. The van der Waals surface area contributed by atoms with Gasteiger partial charge in [-0.2, -0.15) is 0 Å². The fraction of sp³-hybridized carbons (Fsp3) is 0.0909. The van der Waals surface area contributed by atoms with E-state index < -0.39 is 0 Å². The quantitative estimate of drug-likeness (QED) is 0.314. The normalized spacial score (nSPS) is 15.0. The monoisotopic (exact) mass is 603 g/mol. The summed E-state index contributed by atoms with van der Waals surface area (Å²) in [6.07, 6.45) is 2.08. The maximum Gasteiger partial charge on any atom is 0.246 e. The van der Waals surface area contributed by atoms with E-state index in [9.17, 15) is 9.59 Å². The van der Waals surface area contributed by atoms with Crippen molar-refractivity contribution in [3.63, 3.8) is 0 Å². The molecular formula is C22H15Br2N5O2S2. The first-order chi connectivity index (χ1) is 16.0. The topological polar surface area (TPSA) is 79.1 Å². The number of imidazole rings is 1. The Labute approximate surface area is 214 Å². The highest BCUT2D eigenvalue weighted by Gasteiger charge is 2.30. The van der Waals surface area contributed by atoms with Gasteiger partial charge in [0.1, 0.15) is 0 Å². The number of amidine groups is 1. The van der Waals surface area contributed by atoms with Gasteiger partial charge < -0.3 is 0 Å². The highest BCUT2D eigenvalue weighted by Crippen LogP contribution is 2.28. The SMILES string of the molecule is O=C(Cc1csc2nc(-c3ccc(Br)cc3)cn12)N/N=C1/SCC(=O)N1c1ccc(Br)cc1. The Balaban J connectivity index is 1.30. The van der Waals surface area contributed by atoms with E-state index >= 15 is 0 Å². The molecule has 0 bridgehead atoms. The molecule has 0 aliphatic carbocycles. The van der Waals surface area contributed by atoms with E-state index in [0.29, 0.717) is 10.9 Å². The third kappa shape index (κ3) is 4.77. The standard InChI is InChI=1S/C22H15Br2N5O2S2/c23-14-3-1-13(2-4-14)18-10-28-17(11-32-21(28)25-18)9-19(30)26-27-22-29(20(31)12-33-22)16-7-5-15(24)6-8-16/h1-8,10-11H,9,12H2,(H,26,30)/b27-22+. The molecule has 1 aliphatic heterocycles. The molecule has 2 aromatic heterocycles. The van der Waals surface area contributed by atoms with Gasteiger partial charge >= 0.3 is 0 Å². The van der Waals surface area contributed by atoms with Gasteiger partial charge in [-0.15, -0.1) is 16.4 Å². The van der Waals surface area contributed by atoms with E-state index in [1.165, 1.54) is 28.0 Å². The van der Waals surface area contributed by atoms with Crippen LogP contribution in [0.3, 0.4) is 0 Å². The molecule has 2 aromatic carbocycles. The maximum atomic E-state index is 12.6. The van der Waals surface area contributed by atoms with Crippen molar-refractivity contribution in [1.29, 1.82) is 0 Å². The molecule has 3 heterocycles. The van der Waals surface area contributed by atoms with Crippen LogP contribution in [0.1, 0.15) is 5.69 Å². The van der Waals surface area contributed by atoms with Crippen LogP contribution in [-0.4, -0.2) is 32.1 Å². The second-order valence-electron chi connectivity index (χ2n) is 7.11. The first kappa shape index (κ1) is 22.3. The number of fused-ring (bicyclic) bond motifs is 1. The van der Waals surface area contributed by atoms with Crippen LogP contribution in [0.25, 0.3) is 16.2 Å². The number of aromatic nitrogens is 2. The number of nitrogens with one attached hydrogen (secondary N) is 1. The van der Waals surface area contributed by atoms with Gasteiger partial charge in [0, 0.05) is 31.8 Å². The molecular weight excluding hydrogens is 590 g/mol. The molecule has 2 amide bonds. The van der Waals surface area contributed by atoms with Crippen molar-refractivity contribution in [3.05, 3.63) is 74.7 Å². The third-order valence-electron chi connectivity index (χ3n) is 4.89. The number of hydrazone groups is 1. The number of carbonyl (C=O) groups excluding carboxylic acids is 2. The zero-order valence-corrected chi connectivity index (χ0v) is 21.7. The second kappa shape index (κ2) is 9.41. The van der Waals surface area contributed by atoms with E-state index in [2.05, 4.69) is 47.4 Å². The molecule has 1 saturated heterocycles. The van der Waals surface area contributed by atoms with Gasteiger partial charge in [0.05, 0.1) is 23.6 Å². The Hall–Kier alpha value is -2.47. The molecule has 0 spiro atoms. The van der Waals surface area contributed by atoms with Gasteiger partial charge in [0.25, 0.3) is 0 Å². The largest absolute Gasteiger partial charge is 0.294 e. The van der Waals surface area contributed by atoms with E-state index in [1.807, 2.05) is 64.5 Å². The number of halogens is 2. The zero-order chi connectivity index (χ0) is 22.9. The first-order valence-corrected chi connectivity index (χ1v) is 13.2. The van der Waals surface area contributed by atoms with Crippen molar-refractivity contribution in [2.75, 3.05) is 10.7 Å². The molecule has 0 unspecified atom stereocenters. The summed E-state index contributed by atoms with van der Waals surface area (Å²) >= 11 is 9.61. The Morgan fingerprint density at radius 3 is 2.52 bits per heavy atom. The lowest BCUT2D eigenvalue weighted by Gasteiger charge is -2.15. The first-order valence-electron chi connectivity index (χ1n) is 9.77. The molecule has 7 nitrogen and oxygen atoms in total. The van der Waals surface area contributed by atoms with E-state index in [1.54, 1.807) is 0 Å². The molecule has 11 heteroatoms. The second-order valence-corrected chi connectivity index (χ2v) is 10.7. The van der Waals surface area contributed by atoms with Crippen molar-refractivity contribution >= 4 is 82.6 Å². The minimum Gasteiger partial charge on any atom is -0.294 e. The number of thioether (sulfide) groups is 1. The maximum absolute atomic E-state index is 12.6. The number of carbonyl (C=O) groups is 2. The molecule has 0 atom stereocenters. The van der Waals surface area contributed by atoms with E-state index in [-0.39, 0.29) is 24.0 Å². The van der Waals surface area contributed by atoms with Crippen molar-refractivity contribution in [2.24, 2.45) is 5.10 Å². The van der Waals surface area contributed by atoms with Crippen LogP contribution >= 0.6 is 55.0 Å². The number of thiazole rings is 1. The molecule has 1 fully saturated rings. The minimum atomic E-state index is -0.267. The van der Waals surface area contributed by atoms with Gasteiger partial charge in [-0.25, -0.2) is 10.4 Å². The van der Waals surface area contributed by atoms with Crippen molar-refractivity contribution < 1.29 is 9.59 Å². The predicted octanol–water partition coefficient (Wildman–Crippen LogP) is 5.30. The lowest BCUT2D eigenvalue weighted by atomic mass is 10.2. The van der Waals surface area contributed by atoms with Crippen molar-refractivity contribution in [2.45, 2.75) is 6.42 Å². The van der Waals surface area contributed by atoms with Gasteiger partial charge in [0.15, 0.2) is 10.1 Å². The number of rotatable bonds is 5. The molecule has 33 heavy (non-hydrogen) atoms. The Bertz CT molecular complexity index is 1380. The molecule has 1 N–H and O–H groups in total. The lowest BCUT2D eigenvalue weighted by molar-refractivity contribution is -0.120.